The monoisotopic (exact) mass is 677 g/mol. The smallest absolute Gasteiger partial charge is 0.164 e. The molecule has 53 heavy (non-hydrogen) atoms. The highest BCUT2D eigenvalue weighted by Crippen LogP contribution is 2.52. The van der Waals surface area contributed by atoms with E-state index in [1.807, 2.05) is 0 Å². The summed E-state index contributed by atoms with van der Waals surface area (Å²) in [6.45, 7) is 4.70. The second kappa shape index (κ2) is 12.2. The van der Waals surface area contributed by atoms with Crippen molar-refractivity contribution in [2.45, 2.75) is 19.3 Å². The van der Waals surface area contributed by atoms with E-state index >= 15 is 0 Å². The lowest BCUT2D eigenvalue weighted by atomic mass is 9.78. The highest BCUT2D eigenvalue weighted by atomic mass is 15.0. The second-order valence-electron chi connectivity index (χ2n) is 14.5. The molecule has 3 nitrogen and oxygen atoms in total. The molecule has 0 atom stereocenters. The second-order valence-corrected chi connectivity index (χ2v) is 14.5. The van der Waals surface area contributed by atoms with E-state index < -0.39 is 0 Å². The van der Waals surface area contributed by atoms with Crippen LogP contribution in [0.15, 0.2) is 176 Å². The lowest BCUT2D eigenvalue weighted by Crippen LogP contribution is -2.16. The Morgan fingerprint density at radius 1 is 0.321 bits per heavy atom. The Bertz CT molecular complexity index is 2770. The van der Waals surface area contributed by atoms with Crippen LogP contribution in [0.2, 0.25) is 0 Å². The predicted octanol–water partition coefficient (Wildman–Crippen LogP) is 12.8. The third-order valence-electron chi connectivity index (χ3n) is 10.8. The van der Waals surface area contributed by atoms with Crippen LogP contribution in [0.3, 0.4) is 0 Å². The van der Waals surface area contributed by atoms with Gasteiger partial charge >= 0.3 is 0 Å². The van der Waals surface area contributed by atoms with Gasteiger partial charge in [0, 0.05) is 22.1 Å². The summed E-state index contributed by atoms with van der Waals surface area (Å²) in [5.74, 6) is 1.93. The Morgan fingerprint density at radius 2 is 0.811 bits per heavy atom. The number of fused-ring (bicyclic) bond motifs is 5. The molecule has 10 rings (SSSR count). The van der Waals surface area contributed by atoms with Crippen molar-refractivity contribution in [2.75, 3.05) is 0 Å². The van der Waals surface area contributed by atoms with Crippen LogP contribution in [-0.4, -0.2) is 15.0 Å². The highest BCUT2D eigenvalue weighted by Gasteiger charge is 2.37. The molecule has 0 fully saturated rings. The first-order valence-electron chi connectivity index (χ1n) is 18.2. The van der Waals surface area contributed by atoms with Crippen molar-refractivity contribution in [1.29, 1.82) is 0 Å². The van der Waals surface area contributed by atoms with Gasteiger partial charge in [0.05, 0.1) is 0 Å². The molecule has 1 aromatic heterocycles. The summed E-state index contributed by atoms with van der Waals surface area (Å²) in [6.07, 6.45) is 0. The Labute approximate surface area is 309 Å². The molecule has 0 unspecified atom stereocenters. The molecular formula is C50H35N3. The Kier molecular flexibility index (Phi) is 7.16. The third-order valence-corrected chi connectivity index (χ3v) is 10.8. The minimum Gasteiger partial charge on any atom is -0.208 e. The molecule has 8 aromatic carbocycles. The quantitative estimate of drug-likeness (QED) is 0.182. The summed E-state index contributed by atoms with van der Waals surface area (Å²) < 4.78 is 0. The van der Waals surface area contributed by atoms with Crippen molar-refractivity contribution in [1.82, 2.24) is 15.0 Å². The molecule has 1 aliphatic carbocycles. The average Bonchev–Trinajstić information content (AvgIpc) is 3.46. The molecule has 1 aliphatic rings. The van der Waals surface area contributed by atoms with E-state index in [9.17, 15) is 0 Å². The molecule has 1 heterocycles. The van der Waals surface area contributed by atoms with E-state index in [1.54, 1.807) is 0 Å². The summed E-state index contributed by atoms with van der Waals surface area (Å²) in [7, 11) is 0. The summed E-state index contributed by atoms with van der Waals surface area (Å²) in [5, 5.41) is 4.66. The lowest BCUT2D eigenvalue weighted by molar-refractivity contribution is 0.662. The highest BCUT2D eigenvalue weighted by molar-refractivity contribution is 5.91. The molecule has 0 amide bonds. The van der Waals surface area contributed by atoms with Crippen LogP contribution >= 0.6 is 0 Å². The van der Waals surface area contributed by atoms with Gasteiger partial charge < -0.3 is 0 Å². The van der Waals surface area contributed by atoms with Gasteiger partial charge in [-0.05, 0) is 96.4 Å². The lowest BCUT2D eigenvalue weighted by Gasteiger charge is -2.25. The van der Waals surface area contributed by atoms with Crippen LogP contribution in [0.25, 0.3) is 89.1 Å². The Hall–Kier alpha value is -6.71. The molecule has 0 N–H and O–H groups in total. The minimum atomic E-state index is -0.162. The number of rotatable bonds is 5. The zero-order chi connectivity index (χ0) is 35.5. The van der Waals surface area contributed by atoms with Crippen molar-refractivity contribution in [3.05, 3.63) is 187 Å². The number of benzene rings is 8. The molecule has 250 valence electrons. The van der Waals surface area contributed by atoms with Gasteiger partial charge in [0.1, 0.15) is 0 Å². The summed E-state index contributed by atoms with van der Waals surface area (Å²) in [4.78, 5) is 15.6. The molecule has 3 heteroatoms. The van der Waals surface area contributed by atoms with Gasteiger partial charge in [0.25, 0.3) is 0 Å². The van der Waals surface area contributed by atoms with E-state index in [4.69, 9.17) is 15.0 Å². The van der Waals surface area contributed by atoms with Gasteiger partial charge in [-0.25, -0.2) is 15.0 Å². The molecular weight excluding hydrogens is 643 g/mol. The van der Waals surface area contributed by atoms with Crippen LogP contribution in [0, 0.1) is 0 Å². The fourth-order valence-corrected chi connectivity index (χ4v) is 8.22. The standard InChI is InChI=1S/C50H35N3/c1-50(2)45-22-11-10-19-43(45)44-21-12-20-42(46(44)50)40-29-39(32-13-4-3-5-14-32)30-41(31-40)49-52-47(37-25-23-33-15-6-8-17-35(33)27-37)51-48(53-49)38-26-24-34-16-7-9-18-36(34)28-38/h3-31H,1-2H3. The molecule has 0 radical (unpaired) electrons. The number of nitrogens with zero attached hydrogens (tertiary/aromatic N) is 3. The van der Waals surface area contributed by atoms with Crippen LogP contribution in [0.5, 0.6) is 0 Å². The van der Waals surface area contributed by atoms with Gasteiger partial charge in [0.15, 0.2) is 17.5 Å². The van der Waals surface area contributed by atoms with E-state index in [1.165, 1.54) is 38.6 Å². The third kappa shape index (κ3) is 5.32. The number of aromatic nitrogens is 3. The van der Waals surface area contributed by atoms with Crippen LogP contribution in [-0.2, 0) is 5.41 Å². The molecule has 0 saturated carbocycles. The molecule has 0 aliphatic heterocycles. The fraction of sp³-hybridized carbons (Fsp3) is 0.0600. The Morgan fingerprint density at radius 3 is 1.47 bits per heavy atom. The van der Waals surface area contributed by atoms with Crippen molar-refractivity contribution in [3.63, 3.8) is 0 Å². The normalized spacial score (nSPS) is 12.9. The summed E-state index contributed by atoms with van der Waals surface area (Å²) >= 11 is 0. The first kappa shape index (κ1) is 31.1. The van der Waals surface area contributed by atoms with E-state index in [-0.39, 0.29) is 5.41 Å². The van der Waals surface area contributed by atoms with Gasteiger partial charge in [-0.3, -0.25) is 0 Å². The average molecular weight is 678 g/mol. The van der Waals surface area contributed by atoms with Crippen molar-refractivity contribution < 1.29 is 0 Å². The molecule has 0 spiro atoms. The van der Waals surface area contributed by atoms with E-state index in [0.717, 1.165) is 44.2 Å². The van der Waals surface area contributed by atoms with Crippen molar-refractivity contribution >= 4 is 21.5 Å². The van der Waals surface area contributed by atoms with Crippen LogP contribution in [0.4, 0.5) is 0 Å². The maximum Gasteiger partial charge on any atom is 0.164 e. The van der Waals surface area contributed by atoms with E-state index in [0.29, 0.717) is 17.5 Å². The van der Waals surface area contributed by atoms with Crippen LogP contribution < -0.4 is 0 Å². The maximum atomic E-state index is 5.25. The zero-order valence-electron chi connectivity index (χ0n) is 29.6. The van der Waals surface area contributed by atoms with Gasteiger partial charge in [-0.2, -0.15) is 0 Å². The first-order valence-corrected chi connectivity index (χ1v) is 18.2. The van der Waals surface area contributed by atoms with Crippen molar-refractivity contribution in [3.8, 4) is 67.5 Å². The largest absolute Gasteiger partial charge is 0.208 e. The number of hydrogen-bond acceptors (Lipinski definition) is 3. The maximum absolute atomic E-state index is 5.25. The summed E-state index contributed by atoms with van der Waals surface area (Å²) in [6, 6.07) is 62.7. The molecule has 0 saturated heterocycles. The van der Waals surface area contributed by atoms with Gasteiger partial charge in [0.2, 0.25) is 0 Å². The van der Waals surface area contributed by atoms with Crippen LogP contribution in [0.1, 0.15) is 25.0 Å². The SMILES string of the molecule is CC1(C)c2ccccc2-c2cccc(-c3cc(-c4ccccc4)cc(-c4nc(-c5ccc6ccccc6c5)nc(-c5ccc6ccccc6c5)n4)c3)c21. The minimum absolute atomic E-state index is 0.162. The van der Waals surface area contributed by atoms with Gasteiger partial charge in [-0.1, -0.05) is 159 Å². The van der Waals surface area contributed by atoms with E-state index in [2.05, 4.69) is 190 Å². The predicted molar refractivity (Wildman–Crippen MR) is 220 cm³/mol. The topological polar surface area (TPSA) is 38.7 Å². The van der Waals surface area contributed by atoms with Crippen molar-refractivity contribution in [2.24, 2.45) is 0 Å². The fourth-order valence-electron chi connectivity index (χ4n) is 8.22. The zero-order valence-corrected chi connectivity index (χ0v) is 29.6. The van der Waals surface area contributed by atoms with Gasteiger partial charge in [-0.15, -0.1) is 0 Å². The first-order chi connectivity index (χ1) is 26.0. The summed E-state index contributed by atoms with van der Waals surface area (Å²) in [5.41, 5.74) is 12.6. The Balaban J connectivity index is 1.21. The molecule has 9 aromatic rings. The molecule has 0 bridgehead atoms. The number of hydrogen-bond donors (Lipinski definition) is 0.